The molecule has 2 aromatic carbocycles. The number of fused-ring (bicyclic) bond motifs is 1. The average Bonchev–Trinajstić information content (AvgIpc) is 2.81. The van der Waals surface area contributed by atoms with Gasteiger partial charge in [0.15, 0.2) is 0 Å². The summed E-state index contributed by atoms with van der Waals surface area (Å²) < 4.78 is 0. The number of pyridine rings is 1. The Labute approximate surface area is 195 Å². The van der Waals surface area contributed by atoms with Gasteiger partial charge in [0.2, 0.25) is 5.91 Å². The van der Waals surface area contributed by atoms with E-state index in [4.69, 9.17) is 0 Å². The monoisotopic (exact) mass is 444 g/mol. The third kappa shape index (κ3) is 4.72. The van der Waals surface area contributed by atoms with Crippen molar-refractivity contribution in [2.45, 2.75) is 50.3 Å². The number of carbonyl (C=O) groups is 1. The van der Waals surface area contributed by atoms with Crippen molar-refractivity contribution < 1.29 is 9.90 Å². The first-order valence-corrected chi connectivity index (χ1v) is 11.9. The molecule has 6 nitrogen and oxygen atoms in total. The fourth-order valence-corrected chi connectivity index (χ4v) is 5.25. The highest BCUT2D eigenvalue weighted by atomic mass is 16.3. The molecule has 33 heavy (non-hydrogen) atoms. The Kier molecular flexibility index (Phi) is 6.04. The largest absolute Gasteiger partial charge is 0.385 e. The zero-order valence-electron chi connectivity index (χ0n) is 19.1. The van der Waals surface area contributed by atoms with Crippen LogP contribution in [0.2, 0.25) is 0 Å². The third-order valence-electron chi connectivity index (χ3n) is 7.22. The number of likely N-dealkylation sites (tertiary alicyclic amines) is 1. The number of carbonyl (C=O) groups excluding carboxylic acids is 1. The summed E-state index contributed by atoms with van der Waals surface area (Å²) in [6.45, 7) is 4.03. The lowest BCUT2D eigenvalue weighted by molar-refractivity contribution is -0.121. The summed E-state index contributed by atoms with van der Waals surface area (Å²) >= 11 is 0. The molecule has 1 aromatic heterocycles. The highest BCUT2D eigenvalue weighted by Crippen LogP contribution is 2.39. The van der Waals surface area contributed by atoms with Gasteiger partial charge in [-0.25, -0.2) is 4.98 Å². The van der Waals surface area contributed by atoms with Gasteiger partial charge in [-0.05, 0) is 55.7 Å². The number of hydrogen-bond acceptors (Lipinski definition) is 5. The highest BCUT2D eigenvalue weighted by Gasteiger charge is 2.40. The molecule has 0 unspecified atom stereocenters. The molecule has 0 radical (unpaired) electrons. The Morgan fingerprint density at radius 3 is 2.64 bits per heavy atom. The van der Waals surface area contributed by atoms with Gasteiger partial charge in [0.25, 0.3) is 0 Å². The number of aryl methyl sites for hydroxylation is 1. The van der Waals surface area contributed by atoms with Crippen LogP contribution in [0.3, 0.4) is 0 Å². The van der Waals surface area contributed by atoms with Gasteiger partial charge in [-0.1, -0.05) is 48.0 Å². The van der Waals surface area contributed by atoms with Gasteiger partial charge in [0, 0.05) is 30.7 Å². The summed E-state index contributed by atoms with van der Waals surface area (Å²) in [5.74, 6) is 0.739. The van der Waals surface area contributed by atoms with Crippen molar-refractivity contribution in [2.75, 3.05) is 25.0 Å². The SMILES string of the molecule is Cc1ccc2ccnc(NCC(=O)NC3CN(C4CCC(O)(c5ccccc5)CC4)C3)c2c1. The van der Waals surface area contributed by atoms with E-state index in [1.165, 1.54) is 5.56 Å². The van der Waals surface area contributed by atoms with E-state index in [2.05, 4.69) is 45.6 Å². The number of hydrogen-bond donors (Lipinski definition) is 3. The molecule has 0 atom stereocenters. The zero-order valence-corrected chi connectivity index (χ0v) is 19.1. The Morgan fingerprint density at radius 1 is 1.12 bits per heavy atom. The Balaban J connectivity index is 1.07. The first-order chi connectivity index (χ1) is 16.0. The van der Waals surface area contributed by atoms with Gasteiger partial charge in [0.1, 0.15) is 5.82 Å². The quantitative estimate of drug-likeness (QED) is 0.542. The molecular weight excluding hydrogens is 412 g/mol. The molecule has 3 aromatic rings. The van der Waals surface area contributed by atoms with Crippen molar-refractivity contribution in [1.29, 1.82) is 0 Å². The molecule has 1 amide bonds. The summed E-state index contributed by atoms with van der Waals surface area (Å²) in [6.07, 6.45) is 5.32. The lowest BCUT2D eigenvalue weighted by Crippen LogP contribution is -2.63. The van der Waals surface area contributed by atoms with Gasteiger partial charge in [0.05, 0.1) is 18.2 Å². The van der Waals surface area contributed by atoms with Gasteiger partial charge in [-0.15, -0.1) is 0 Å². The Morgan fingerprint density at radius 2 is 1.88 bits per heavy atom. The van der Waals surface area contributed by atoms with Crippen LogP contribution in [0, 0.1) is 6.92 Å². The van der Waals surface area contributed by atoms with Crippen molar-refractivity contribution >= 4 is 22.5 Å². The van der Waals surface area contributed by atoms with Crippen molar-refractivity contribution in [3.05, 3.63) is 71.9 Å². The molecule has 6 heteroatoms. The number of nitrogens with one attached hydrogen (secondary N) is 2. The van der Waals surface area contributed by atoms with E-state index in [1.54, 1.807) is 6.20 Å². The Bertz CT molecular complexity index is 1120. The molecule has 172 valence electrons. The van der Waals surface area contributed by atoms with Crippen molar-refractivity contribution in [1.82, 2.24) is 15.2 Å². The van der Waals surface area contributed by atoms with Gasteiger partial charge >= 0.3 is 0 Å². The van der Waals surface area contributed by atoms with Crippen molar-refractivity contribution in [3.63, 3.8) is 0 Å². The minimum Gasteiger partial charge on any atom is -0.385 e. The van der Waals surface area contributed by atoms with Crippen LogP contribution in [-0.2, 0) is 10.4 Å². The molecule has 5 rings (SSSR count). The standard InChI is InChI=1S/C27H32N4O2/c1-19-7-8-20-11-14-28-26(24(20)15-19)29-16-25(32)30-22-17-31(18-22)23-9-12-27(33,13-10-23)21-5-3-2-4-6-21/h2-8,11,14-15,22-23,33H,9-10,12-13,16-18H2,1H3,(H,28,29)(H,30,32). The van der Waals surface area contributed by atoms with E-state index in [1.807, 2.05) is 36.4 Å². The Hall–Kier alpha value is -2.96. The molecule has 0 spiro atoms. The highest BCUT2D eigenvalue weighted by molar-refractivity contribution is 5.93. The number of anilines is 1. The molecule has 1 aliphatic heterocycles. The number of nitrogens with zero attached hydrogens (tertiary/aromatic N) is 2. The fourth-order valence-electron chi connectivity index (χ4n) is 5.25. The van der Waals surface area contributed by atoms with E-state index in [-0.39, 0.29) is 18.5 Å². The molecule has 1 saturated heterocycles. The lowest BCUT2D eigenvalue weighted by Gasteiger charge is -2.48. The molecular formula is C27H32N4O2. The number of rotatable bonds is 6. The second-order valence-electron chi connectivity index (χ2n) is 9.58. The molecule has 1 aliphatic carbocycles. The molecule has 1 saturated carbocycles. The number of amides is 1. The van der Waals surface area contributed by atoms with E-state index in [0.29, 0.717) is 6.04 Å². The van der Waals surface area contributed by atoms with E-state index in [0.717, 1.165) is 60.9 Å². The first-order valence-electron chi connectivity index (χ1n) is 11.9. The maximum absolute atomic E-state index is 12.5. The van der Waals surface area contributed by atoms with Gasteiger partial charge in [-0.2, -0.15) is 0 Å². The minimum atomic E-state index is -0.698. The summed E-state index contributed by atoms with van der Waals surface area (Å²) in [6, 6.07) is 18.9. The fraction of sp³-hybridized carbons (Fsp3) is 0.407. The average molecular weight is 445 g/mol. The summed E-state index contributed by atoms with van der Waals surface area (Å²) in [4.78, 5) is 19.4. The van der Waals surface area contributed by atoms with Crippen LogP contribution in [0.5, 0.6) is 0 Å². The second kappa shape index (κ2) is 9.12. The van der Waals surface area contributed by atoms with Crippen LogP contribution >= 0.6 is 0 Å². The number of aliphatic hydroxyl groups is 1. The van der Waals surface area contributed by atoms with E-state index >= 15 is 0 Å². The topological polar surface area (TPSA) is 77.5 Å². The van der Waals surface area contributed by atoms with Crippen LogP contribution in [-0.4, -0.2) is 52.6 Å². The van der Waals surface area contributed by atoms with Crippen LogP contribution in [0.4, 0.5) is 5.82 Å². The second-order valence-corrected chi connectivity index (χ2v) is 9.58. The normalized spacial score (nSPS) is 23.8. The summed E-state index contributed by atoms with van der Waals surface area (Å²) in [5.41, 5.74) is 1.50. The maximum atomic E-state index is 12.5. The first kappa shape index (κ1) is 21.9. The van der Waals surface area contributed by atoms with Crippen molar-refractivity contribution in [3.8, 4) is 0 Å². The van der Waals surface area contributed by atoms with Crippen LogP contribution in [0.1, 0.15) is 36.8 Å². The van der Waals surface area contributed by atoms with E-state index < -0.39 is 5.60 Å². The number of benzene rings is 2. The van der Waals surface area contributed by atoms with Crippen LogP contribution < -0.4 is 10.6 Å². The lowest BCUT2D eigenvalue weighted by atomic mass is 9.76. The number of aromatic nitrogens is 1. The molecule has 2 aliphatic rings. The van der Waals surface area contributed by atoms with Gasteiger partial charge in [-0.3, -0.25) is 9.69 Å². The molecule has 0 bridgehead atoms. The summed E-state index contributed by atoms with van der Waals surface area (Å²) in [7, 11) is 0. The smallest absolute Gasteiger partial charge is 0.239 e. The molecule has 2 heterocycles. The van der Waals surface area contributed by atoms with Crippen LogP contribution in [0.15, 0.2) is 60.8 Å². The molecule has 3 N–H and O–H groups in total. The molecule has 2 fully saturated rings. The van der Waals surface area contributed by atoms with Gasteiger partial charge < -0.3 is 15.7 Å². The zero-order chi connectivity index (χ0) is 22.8. The van der Waals surface area contributed by atoms with E-state index in [9.17, 15) is 9.90 Å². The maximum Gasteiger partial charge on any atom is 0.239 e. The predicted molar refractivity (Wildman–Crippen MR) is 131 cm³/mol. The van der Waals surface area contributed by atoms with Crippen LogP contribution in [0.25, 0.3) is 10.8 Å². The van der Waals surface area contributed by atoms with Crippen molar-refractivity contribution in [2.24, 2.45) is 0 Å². The minimum absolute atomic E-state index is 0.00629. The summed E-state index contributed by atoms with van der Waals surface area (Å²) in [5, 5.41) is 19.5. The predicted octanol–water partition coefficient (Wildman–Crippen LogP) is 3.59. The third-order valence-corrected chi connectivity index (χ3v) is 7.22.